The lowest BCUT2D eigenvalue weighted by Crippen LogP contribution is -1.98. The normalized spacial score (nSPS) is 13.4. The Hall–Kier alpha value is -6.20. The summed E-state index contributed by atoms with van der Waals surface area (Å²) in [6, 6.07) is 53.1. The van der Waals surface area contributed by atoms with Gasteiger partial charge in [0.1, 0.15) is 0 Å². The summed E-state index contributed by atoms with van der Waals surface area (Å²) in [5, 5.41) is 5.07. The molecule has 224 valence electrons. The Kier molecular flexibility index (Phi) is 6.94. The Morgan fingerprint density at radius 1 is 0.458 bits per heavy atom. The third kappa shape index (κ3) is 5.06. The van der Waals surface area contributed by atoms with Crippen LogP contribution in [-0.4, -0.2) is 0 Å². The van der Waals surface area contributed by atoms with Crippen LogP contribution in [0.15, 0.2) is 176 Å². The average Bonchev–Trinajstić information content (AvgIpc) is 3.51. The van der Waals surface area contributed by atoms with Gasteiger partial charge < -0.3 is 0 Å². The topological polar surface area (TPSA) is 0 Å². The lowest BCUT2D eigenvalue weighted by molar-refractivity contribution is 1.29. The van der Waals surface area contributed by atoms with Gasteiger partial charge in [-0.2, -0.15) is 0 Å². The van der Waals surface area contributed by atoms with Gasteiger partial charge in [0.15, 0.2) is 0 Å². The summed E-state index contributed by atoms with van der Waals surface area (Å²) in [4.78, 5) is 0. The summed E-state index contributed by atoms with van der Waals surface area (Å²) in [6.45, 7) is 0. The molecular formula is C48H32. The van der Waals surface area contributed by atoms with Crippen LogP contribution in [0.1, 0.15) is 33.4 Å². The highest BCUT2D eigenvalue weighted by molar-refractivity contribution is 6.06. The second-order valence-electron chi connectivity index (χ2n) is 12.6. The summed E-state index contributed by atoms with van der Waals surface area (Å²) >= 11 is 0. The van der Waals surface area contributed by atoms with Crippen molar-refractivity contribution in [1.82, 2.24) is 0 Å². The van der Waals surface area contributed by atoms with Crippen molar-refractivity contribution in [3.63, 3.8) is 0 Å². The number of rotatable bonds is 4. The fourth-order valence-electron chi connectivity index (χ4n) is 7.27. The first-order valence-electron chi connectivity index (χ1n) is 16.6. The maximum Gasteiger partial charge on any atom is -0.00820 e. The zero-order valence-corrected chi connectivity index (χ0v) is 26.5. The minimum Gasteiger partial charge on any atom is -0.120 e. The Balaban J connectivity index is 1.26. The lowest BCUT2D eigenvalue weighted by Gasteiger charge is -2.19. The first-order valence-corrected chi connectivity index (χ1v) is 16.6. The first kappa shape index (κ1) is 28.1. The van der Waals surface area contributed by atoms with Gasteiger partial charge >= 0.3 is 0 Å². The third-order valence-electron chi connectivity index (χ3n) is 9.74. The van der Waals surface area contributed by atoms with E-state index in [0.717, 1.165) is 6.42 Å². The SMILES string of the molecule is C1=CC(c2cc(-c3ccc(-c4ccccc4)cc3)cc3c4c(ccc23)C(c2ccc3ccccc3c2)=CC=CC4)=Cc2ccccc2C=1. The van der Waals surface area contributed by atoms with Crippen LogP contribution in [0.2, 0.25) is 0 Å². The predicted molar refractivity (Wildman–Crippen MR) is 206 cm³/mol. The van der Waals surface area contributed by atoms with Crippen molar-refractivity contribution in [2.45, 2.75) is 6.42 Å². The summed E-state index contributed by atoms with van der Waals surface area (Å²) in [6.07, 6.45) is 14.2. The van der Waals surface area contributed by atoms with Crippen LogP contribution in [0.5, 0.6) is 0 Å². The van der Waals surface area contributed by atoms with Gasteiger partial charge in [-0.1, -0.05) is 146 Å². The van der Waals surface area contributed by atoms with Gasteiger partial charge in [-0.15, -0.1) is 5.73 Å². The second-order valence-corrected chi connectivity index (χ2v) is 12.6. The van der Waals surface area contributed by atoms with Gasteiger partial charge in [0.25, 0.3) is 0 Å². The van der Waals surface area contributed by atoms with Crippen LogP contribution in [0.3, 0.4) is 0 Å². The van der Waals surface area contributed by atoms with Crippen molar-refractivity contribution >= 4 is 44.8 Å². The van der Waals surface area contributed by atoms with Crippen LogP contribution >= 0.6 is 0 Å². The fraction of sp³-hybridized carbons (Fsp3) is 0.0208. The molecule has 2 aliphatic rings. The Bertz CT molecular complexity index is 2530. The van der Waals surface area contributed by atoms with E-state index < -0.39 is 0 Å². The number of allylic oxidation sites excluding steroid dienone is 5. The first-order chi connectivity index (χ1) is 23.8. The molecule has 0 fully saturated rings. The van der Waals surface area contributed by atoms with Gasteiger partial charge in [0.2, 0.25) is 0 Å². The van der Waals surface area contributed by atoms with Crippen LogP contribution < -0.4 is 0 Å². The molecule has 0 saturated heterocycles. The molecule has 0 atom stereocenters. The molecular weight excluding hydrogens is 577 g/mol. The van der Waals surface area contributed by atoms with Gasteiger partial charge in [0.05, 0.1) is 0 Å². The van der Waals surface area contributed by atoms with Crippen molar-refractivity contribution in [3.05, 3.63) is 209 Å². The molecule has 9 rings (SSSR count). The highest BCUT2D eigenvalue weighted by atomic mass is 14.2. The van der Waals surface area contributed by atoms with Crippen LogP contribution in [0, 0.1) is 0 Å². The van der Waals surface area contributed by atoms with Crippen molar-refractivity contribution in [2.75, 3.05) is 0 Å². The zero-order chi connectivity index (χ0) is 31.9. The number of hydrogen-bond donors (Lipinski definition) is 0. The monoisotopic (exact) mass is 608 g/mol. The molecule has 0 nitrogen and oxygen atoms in total. The molecule has 0 N–H and O–H groups in total. The Morgan fingerprint density at radius 3 is 2.02 bits per heavy atom. The van der Waals surface area contributed by atoms with E-state index in [2.05, 4.69) is 188 Å². The molecule has 0 radical (unpaired) electrons. The number of fused-ring (bicyclic) bond motifs is 5. The fourth-order valence-corrected chi connectivity index (χ4v) is 7.27. The summed E-state index contributed by atoms with van der Waals surface area (Å²) in [5.41, 5.74) is 18.3. The average molecular weight is 609 g/mol. The van der Waals surface area contributed by atoms with Crippen molar-refractivity contribution in [3.8, 4) is 22.3 Å². The summed E-state index contributed by atoms with van der Waals surface area (Å²) in [5.74, 6) is 0. The molecule has 0 heterocycles. The van der Waals surface area contributed by atoms with E-state index in [0.29, 0.717) is 0 Å². The second kappa shape index (κ2) is 11.9. The molecule has 0 aromatic heterocycles. The highest BCUT2D eigenvalue weighted by Crippen LogP contribution is 2.40. The molecule has 0 aliphatic heterocycles. The number of hydrogen-bond acceptors (Lipinski definition) is 0. The van der Waals surface area contributed by atoms with E-state index in [-0.39, 0.29) is 0 Å². The van der Waals surface area contributed by atoms with Gasteiger partial charge in [0, 0.05) is 0 Å². The van der Waals surface area contributed by atoms with Crippen LogP contribution in [-0.2, 0) is 6.42 Å². The standard InChI is InChI=1S/C48H32/c1-2-11-33(12-3-1)36-21-23-37(24-22-36)42-31-47(40-18-10-17-34-13-4-6-15-38(34)29-40)46-28-27-45-43(19-8-9-20-44(45)48(46)32-42)41-26-25-35-14-5-7-16-39(35)30-41/h1-9,11-19,21-32H,20H2. The molecule has 0 unspecified atom stereocenters. The minimum absolute atomic E-state index is 0.869. The van der Waals surface area contributed by atoms with E-state index >= 15 is 0 Å². The van der Waals surface area contributed by atoms with Crippen LogP contribution in [0.25, 0.3) is 67.1 Å². The quantitative estimate of drug-likeness (QED) is 0.174. The Morgan fingerprint density at radius 2 is 1.17 bits per heavy atom. The maximum absolute atomic E-state index is 3.48. The van der Waals surface area contributed by atoms with Gasteiger partial charge in [-0.05, 0) is 131 Å². The lowest BCUT2D eigenvalue weighted by atomic mass is 9.85. The molecule has 2 aliphatic carbocycles. The molecule has 0 bridgehead atoms. The molecule has 0 heteroatoms. The number of benzene rings is 7. The summed E-state index contributed by atoms with van der Waals surface area (Å²) in [7, 11) is 0. The molecule has 0 spiro atoms. The van der Waals surface area contributed by atoms with Crippen molar-refractivity contribution < 1.29 is 0 Å². The predicted octanol–water partition coefficient (Wildman–Crippen LogP) is 12.6. The molecule has 7 aromatic rings. The van der Waals surface area contributed by atoms with E-state index in [1.807, 2.05) is 0 Å². The van der Waals surface area contributed by atoms with E-state index in [4.69, 9.17) is 0 Å². The van der Waals surface area contributed by atoms with Gasteiger partial charge in [-0.25, -0.2) is 0 Å². The Labute approximate surface area is 281 Å². The largest absolute Gasteiger partial charge is 0.120 e. The van der Waals surface area contributed by atoms with E-state index in [1.165, 1.54) is 88.3 Å². The zero-order valence-electron chi connectivity index (χ0n) is 26.5. The molecule has 0 amide bonds. The highest BCUT2D eigenvalue weighted by Gasteiger charge is 2.19. The molecule has 48 heavy (non-hydrogen) atoms. The van der Waals surface area contributed by atoms with Gasteiger partial charge in [-0.3, -0.25) is 0 Å². The molecule has 0 saturated carbocycles. The summed E-state index contributed by atoms with van der Waals surface area (Å²) < 4.78 is 0. The third-order valence-corrected chi connectivity index (χ3v) is 9.74. The minimum atomic E-state index is 0.869. The maximum atomic E-state index is 3.48. The molecule has 7 aromatic carbocycles. The van der Waals surface area contributed by atoms with Crippen molar-refractivity contribution in [1.29, 1.82) is 0 Å². The smallest absolute Gasteiger partial charge is 0.00820 e. The van der Waals surface area contributed by atoms with Crippen molar-refractivity contribution in [2.24, 2.45) is 0 Å². The van der Waals surface area contributed by atoms with E-state index in [9.17, 15) is 0 Å². The van der Waals surface area contributed by atoms with Crippen LogP contribution in [0.4, 0.5) is 0 Å². The van der Waals surface area contributed by atoms with E-state index in [1.54, 1.807) is 0 Å².